The summed E-state index contributed by atoms with van der Waals surface area (Å²) in [5.74, 6) is 5.35. The highest BCUT2D eigenvalue weighted by molar-refractivity contribution is 3.99. The van der Waals surface area contributed by atoms with Crippen molar-refractivity contribution in [3.05, 3.63) is 0 Å². The predicted molar refractivity (Wildman–Crippen MR) is 25.4 cm³/mol. The van der Waals surface area contributed by atoms with Crippen LogP contribution >= 0.6 is 0 Å². The fraction of sp³-hybridized carbons (Fsp3) is 1.00. The minimum atomic E-state index is 0.347. The van der Waals surface area contributed by atoms with Gasteiger partial charge in [0.25, 0.3) is 0 Å². The summed E-state index contributed by atoms with van der Waals surface area (Å²) < 4.78 is 0.347. The Hall–Kier alpha value is -0.120. The second-order valence-corrected chi connectivity index (χ2v) is 1.96. The SMILES string of the molecule is C[N+](C)(N)CN. The van der Waals surface area contributed by atoms with E-state index >= 15 is 0 Å². The van der Waals surface area contributed by atoms with Gasteiger partial charge in [0.2, 0.25) is 0 Å². The summed E-state index contributed by atoms with van der Waals surface area (Å²) in [5, 5.41) is 0. The van der Waals surface area contributed by atoms with Gasteiger partial charge in [-0.3, -0.25) is 5.73 Å². The third-order valence-electron chi connectivity index (χ3n) is 0.471. The van der Waals surface area contributed by atoms with Crippen LogP contribution in [-0.4, -0.2) is 25.4 Å². The molecule has 0 bridgehead atoms. The zero-order chi connectivity index (χ0) is 5.21. The Balaban J connectivity index is 3.17. The van der Waals surface area contributed by atoms with Crippen LogP contribution in [0.1, 0.15) is 0 Å². The molecule has 38 valence electrons. The lowest BCUT2D eigenvalue weighted by molar-refractivity contribution is -0.901. The molecule has 0 spiro atoms. The van der Waals surface area contributed by atoms with Crippen molar-refractivity contribution in [2.24, 2.45) is 11.6 Å². The van der Waals surface area contributed by atoms with E-state index in [0.717, 1.165) is 0 Å². The van der Waals surface area contributed by atoms with Crippen LogP contribution in [0.25, 0.3) is 0 Å². The minimum absolute atomic E-state index is 0.347. The first-order valence-corrected chi connectivity index (χ1v) is 1.88. The summed E-state index contributed by atoms with van der Waals surface area (Å²) in [6, 6.07) is 0. The summed E-state index contributed by atoms with van der Waals surface area (Å²) in [5.41, 5.74) is 5.15. The van der Waals surface area contributed by atoms with Crippen molar-refractivity contribution >= 4 is 0 Å². The predicted octanol–water partition coefficient (Wildman–Crippen LogP) is -1.15. The first-order chi connectivity index (χ1) is 2.56. The molecule has 0 saturated carbocycles. The molecule has 0 aliphatic heterocycles. The van der Waals surface area contributed by atoms with Gasteiger partial charge >= 0.3 is 0 Å². The van der Waals surface area contributed by atoms with Crippen LogP contribution in [0.3, 0.4) is 0 Å². The molecule has 0 amide bonds. The molecule has 0 rings (SSSR count). The van der Waals surface area contributed by atoms with Crippen LogP contribution in [0, 0.1) is 0 Å². The van der Waals surface area contributed by atoms with E-state index in [2.05, 4.69) is 0 Å². The Morgan fingerprint density at radius 2 is 1.67 bits per heavy atom. The Labute approximate surface area is 38.1 Å². The summed E-state index contributed by atoms with van der Waals surface area (Å²) in [6.45, 7) is 0.486. The van der Waals surface area contributed by atoms with Gasteiger partial charge in [-0.25, -0.2) is 4.59 Å². The highest BCUT2D eigenvalue weighted by Gasteiger charge is 1.99. The van der Waals surface area contributed by atoms with Gasteiger partial charge in [0, 0.05) is 0 Å². The molecule has 0 aromatic heterocycles. The highest BCUT2D eigenvalue weighted by atomic mass is 15.6. The maximum atomic E-state index is 5.35. The molecule has 6 heavy (non-hydrogen) atoms. The molecule has 0 heterocycles. The zero-order valence-corrected chi connectivity index (χ0v) is 4.31. The van der Waals surface area contributed by atoms with Crippen molar-refractivity contribution in [2.45, 2.75) is 0 Å². The second-order valence-electron chi connectivity index (χ2n) is 1.96. The number of nitrogens with zero attached hydrogens (tertiary/aromatic N) is 1. The van der Waals surface area contributed by atoms with Gasteiger partial charge in [0.05, 0.1) is 14.1 Å². The maximum absolute atomic E-state index is 5.35. The van der Waals surface area contributed by atoms with Crippen molar-refractivity contribution < 1.29 is 4.59 Å². The molecule has 0 radical (unpaired) electrons. The quantitative estimate of drug-likeness (QED) is 0.185. The van der Waals surface area contributed by atoms with Crippen LogP contribution in [0.15, 0.2) is 0 Å². The molecule has 3 heteroatoms. The summed E-state index contributed by atoms with van der Waals surface area (Å²) in [6.07, 6.45) is 0. The third-order valence-corrected chi connectivity index (χ3v) is 0.471. The van der Waals surface area contributed by atoms with E-state index in [1.165, 1.54) is 0 Å². The van der Waals surface area contributed by atoms with Crippen molar-refractivity contribution in [3.8, 4) is 0 Å². The van der Waals surface area contributed by atoms with Gasteiger partial charge in [0.1, 0.15) is 6.67 Å². The van der Waals surface area contributed by atoms with Crippen molar-refractivity contribution in [3.63, 3.8) is 0 Å². The molecule has 0 aromatic rings. The topological polar surface area (TPSA) is 52.0 Å². The number of hydrogen-bond acceptors (Lipinski definition) is 2. The molecular weight excluding hydrogens is 78.1 g/mol. The van der Waals surface area contributed by atoms with E-state index in [-0.39, 0.29) is 0 Å². The van der Waals surface area contributed by atoms with E-state index in [1.807, 2.05) is 14.1 Å². The maximum Gasteiger partial charge on any atom is 0.147 e. The molecule has 0 aromatic carbocycles. The van der Waals surface area contributed by atoms with Crippen LogP contribution in [0.5, 0.6) is 0 Å². The summed E-state index contributed by atoms with van der Waals surface area (Å²) in [7, 11) is 3.67. The molecule has 4 N–H and O–H groups in total. The van der Waals surface area contributed by atoms with Gasteiger partial charge in [-0.15, -0.1) is 0 Å². The lowest BCUT2D eigenvalue weighted by Crippen LogP contribution is -2.50. The first-order valence-electron chi connectivity index (χ1n) is 1.88. The van der Waals surface area contributed by atoms with E-state index < -0.39 is 0 Å². The van der Waals surface area contributed by atoms with Crippen molar-refractivity contribution in [1.29, 1.82) is 0 Å². The molecule has 0 unspecified atom stereocenters. The number of quaternary nitrogens is 1. The largest absolute Gasteiger partial charge is 0.283 e. The normalized spacial score (nSPS) is 12.0. The average Bonchev–Trinajstić information content (AvgIpc) is 1.35. The van der Waals surface area contributed by atoms with Gasteiger partial charge in [-0.2, -0.15) is 5.84 Å². The molecule has 0 aliphatic rings. The Morgan fingerprint density at radius 3 is 1.67 bits per heavy atom. The highest BCUT2D eigenvalue weighted by Crippen LogP contribution is 1.72. The van der Waals surface area contributed by atoms with Gasteiger partial charge < -0.3 is 0 Å². The van der Waals surface area contributed by atoms with Gasteiger partial charge in [0.15, 0.2) is 0 Å². The lowest BCUT2D eigenvalue weighted by Gasteiger charge is -2.18. The van der Waals surface area contributed by atoms with E-state index in [4.69, 9.17) is 11.6 Å². The monoisotopic (exact) mass is 90.1 g/mol. The second kappa shape index (κ2) is 1.55. The number of hydrogen-bond donors (Lipinski definition) is 2. The molecule has 0 fully saturated rings. The first kappa shape index (κ1) is 5.88. The van der Waals surface area contributed by atoms with Gasteiger partial charge in [-0.05, 0) is 0 Å². The number of rotatable bonds is 1. The molecule has 0 saturated heterocycles. The smallest absolute Gasteiger partial charge is 0.147 e. The third kappa shape index (κ3) is 3.88. The summed E-state index contributed by atoms with van der Waals surface area (Å²) >= 11 is 0. The number of nitrogens with two attached hydrogens (primary N) is 2. The van der Waals surface area contributed by atoms with Crippen LogP contribution < -0.4 is 11.6 Å². The minimum Gasteiger partial charge on any atom is -0.283 e. The fourth-order valence-corrected chi connectivity index (χ4v) is 0. The van der Waals surface area contributed by atoms with Crippen LogP contribution in [0.4, 0.5) is 0 Å². The van der Waals surface area contributed by atoms with Crippen LogP contribution in [0.2, 0.25) is 0 Å². The van der Waals surface area contributed by atoms with E-state index in [1.54, 1.807) is 0 Å². The molecule has 3 nitrogen and oxygen atoms in total. The lowest BCUT2D eigenvalue weighted by atomic mass is 10.8. The zero-order valence-electron chi connectivity index (χ0n) is 4.31. The molecular formula is C3H12N3+. The summed E-state index contributed by atoms with van der Waals surface area (Å²) in [4.78, 5) is 0. The fourth-order valence-electron chi connectivity index (χ4n) is 0. The van der Waals surface area contributed by atoms with E-state index in [0.29, 0.717) is 11.3 Å². The molecule has 0 atom stereocenters. The van der Waals surface area contributed by atoms with E-state index in [9.17, 15) is 0 Å². The Bertz CT molecular complexity index is 35.8. The molecule has 0 aliphatic carbocycles. The van der Waals surface area contributed by atoms with Crippen molar-refractivity contribution in [2.75, 3.05) is 20.8 Å². The van der Waals surface area contributed by atoms with Gasteiger partial charge in [-0.1, -0.05) is 0 Å². The van der Waals surface area contributed by atoms with Crippen molar-refractivity contribution in [1.82, 2.24) is 0 Å². The Morgan fingerprint density at radius 1 is 1.50 bits per heavy atom. The van der Waals surface area contributed by atoms with Crippen LogP contribution in [-0.2, 0) is 0 Å². The standard InChI is InChI=1S/C3H12N3/c1-6(2,5)3-4/h3-5H2,1-2H3/q+1. The Kier molecular flexibility index (Phi) is 1.52. The average molecular weight is 90.2 g/mol.